The molecule has 2 aromatic rings. The first-order chi connectivity index (χ1) is 12.9. The van der Waals surface area contributed by atoms with Crippen molar-refractivity contribution in [1.82, 2.24) is 14.7 Å². The van der Waals surface area contributed by atoms with Crippen LogP contribution in [0.3, 0.4) is 0 Å². The third-order valence-corrected chi connectivity index (χ3v) is 5.56. The molecule has 144 valence electrons. The van der Waals surface area contributed by atoms with Crippen LogP contribution in [-0.4, -0.2) is 33.7 Å². The fourth-order valence-corrected chi connectivity index (χ4v) is 4.14. The minimum Gasteiger partial charge on any atom is -0.398 e. The number of hydrogen-bond donors (Lipinski definition) is 1. The van der Waals surface area contributed by atoms with Gasteiger partial charge in [0.05, 0.1) is 6.54 Å². The number of halogens is 2. The molecule has 4 rings (SSSR count). The van der Waals surface area contributed by atoms with E-state index in [9.17, 15) is 13.6 Å². The molecule has 1 aromatic heterocycles. The van der Waals surface area contributed by atoms with E-state index in [1.54, 1.807) is 17.9 Å². The highest BCUT2D eigenvalue weighted by molar-refractivity contribution is 5.76. The van der Waals surface area contributed by atoms with E-state index in [1.807, 2.05) is 16.6 Å². The summed E-state index contributed by atoms with van der Waals surface area (Å²) in [6, 6.07) is 3.17. The second-order valence-corrected chi connectivity index (χ2v) is 7.23. The van der Waals surface area contributed by atoms with Crippen molar-refractivity contribution < 1.29 is 13.6 Å². The zero-order chi connectivity index (χ0) is 19.3. The van der Waals surface area contributed by atoms with Gasteiger partial charge >= 0.3 is 0 Å². The number of carbonyl (C=O) groups excluding carboxylic acids is 1. The Labute approximate surface area is 156 Å². The summed E-state index contributed by atoms with van der Waals surface area (Å²) in [6.07, 6.45) is -0.190. The zero-order valence-corrected chi connectivity index (χ0v) is 15.5. The Hall–Kier alpha value is -2.64. The standard InChI is InChI=1S/C19H23F2N5O/c1-11(27)25-7-5-16-14(10-25)19(23-24(16)2)26-6-3-4-12-8-15(22)13(18(20)21)9-17(12)26/h8-9,18H,3-7,10,22H2,1-2H3. The van der Waals surface area contributed by atoms with Gasteiger partial charge in [-0.25, -0.2) is 8.78 Å². The Morgan fingerprint density at radius 1 is 1.26 bits per heavy atom. The van der Waals surface area contributed by atoms with Crippen molar-refractivity contribution in [2.24, 2.45) is 7.05 Å². The lowest BCUT2D eigenvalue weighted by Crippen LogP contribution is -2.35. The minimum atomic E-state index is -2.62. The van der Waals surface area contributed by atoms with Gasteiger partial charge in [-0.2, -0.15) is 5.10 Å². The maximum Gasteiger partial charge on any atom is 0.265 e. The number of nitrogen functional groups attached to an aromatic ring is 1. The molecule has 0 unspecified atom stereocenters. The van der Waals surface area contributed by atoms with Gasteiger partial charge in [0.25, 0.3) is 6.43 Å². The van der Waals surface area contributed by atoms with Crippen LogP contribution in [0.2, 0.25) is 0 Å². The van der Waals surface area contributed by atoms with Crippen molar-refractivity contribution in [3.05, 3.63) is 34.5 Å². The molecule has 0 atom stereocenters. The maximum atomic E-state index is 13.4. The number of benzene rings is 1. The number of nitrogens with two attached hydrogens (primary N) is 1. The number of nitrogens with zero attached hydrogens (tertiary/aromatic N) is 4. The molecule has 3 heterocycles. The second kappa shape index (κ2) is 6.51. The Morgan fingerprint density at radius 2 is 2.04 bits per heavy atom. The van der Waals surface area contributed by atoms with Crippen molar-refractivity contribution in [3.63, 3.8) is 0 Å². The summed E-state index contributed by atoms with van der Waals surface area (Å²) >= 11 is 0. The average molecular weight is 375 g/mol. The van der Waals surface area contributed by atoms with Gasteiger partial charge in [0.15, 0.2) is 5.82 Å². The molecule has 6 nitrogen and oxygen atoms in total. The van der Waals surface area contributed by atoms with Crippen LogP contribution in [0.4, 0.5) is 26.0 Å². The minimum absolute atomic E-state index is 0.0299. The molecule has 1 amide bonds. The number of aryl methyl sites for hydroxylation is 2. The van der Waals surface area contributed by atoms with Gasteiger partial charge < -0.3 is 15.5 Å². The number of carbonyl (C=O) groups is 1. The highest BCUT2D eigenvalue weighted by atomic mass is 19.3. The molecule has 0 fully saturated rings. The summed E-state index contributed by atoms with van der Waals surface area (Å²) in [4.78, 5) is 15.7. The summed E-state index contributed by atoms with van der Waals surface area (Å²) < 4.78 is 28.6. The van der Waals surface area contributed by atoms with Gasteiger partial charge in [0.1, 0.15) is 0 Å². The van der Waals surface area contributed by atoms with E-state index in [0.29, 0.717) is 19.6 Å². The van der Waals surface area contributed by atoms with Crippen molar-refractivity contribution in [3.8, 4) is 0 Å². The Bertz CT molecular complexity index is 908. The average Bonchev–Trinajstić information content (AvgIpc) is 2.96. The molecule has 0 radical (unpaired) electrons. The van der Waals surface area contributed by atoms with Crippen molar-refractivity contribution >= 4 is 23.1 Å². The van der Waals surface area contributed by atoms with Gasteiger partial charge in [-0.1, -0.05) is 0 Å². The van der Waals surface area contributed by atoms with E-state index < -0.39 is 6.43 Å². The quantitative estimate of drug-likeness (QED) is 0.820. The number of hydrogen-bond acceptors (Lipinski definition) is 4. The second-order valence-electron chi connectivity index (χ2n) is 7.23. The SMILES string of the molecule is CC(=O)N1CCc2c(c(N3CCCc4cc(N)c(C(F)F)cc43)nn2C)C1. The number of alkyl halides is 2. The van der Waals surface area contributed by atoms with Gasteiger partial charge in [-0.3, -0.25) is 9.48 Å². The van der Waals surface area contributed by atoms with Crippen LogP contribution in [0.15, 0.2) is 12.1 Å². The lowest BCUT2D eigenvalue weighted by Gasteiger charge is -2.33. The highest BCUT2D eigenvalue weighted by Crippen LogP contribution is 2.40. The molecule has 0 bridgehead atoms. The van der Waals surface area contributed by atoms with Crippen LogP contribution in [0, 0.1) is 0 Å². The predicted molar refractivity (Wildman–Crippen MR) is 99.1 cm³/mol. The molecule has 0 spiro atoms. The molecular weight excluding hydrogens is 352 g/mol. The van der Waals surface area contributed by atoms with Crippen molar-refractivity contribution in [2.75, 3.05) is 23.7 Å². The number of fused-ring (bicyclic) bond motifs is 2. The Balaban J connectivity index is 1.81. The normalized spacial score (nSPS) is 16.5. The number of aromatic nitrogens is 2. The molecular formula is C19H23F2N5O. The van der Waals surface area contributed by atoms with Crippen molar-refractivity contribution in [1.29, 1.82) is 0 Å². The lowest BCUT2D eigenvalue weighted by atomic mass is 9.97. The molecule has 8 heteroatoms. The predicted octanol–water partition coefficient (Wildman–Crippen LogP) is 2.93. The maximum absolute atomic E-state index is 13.4. The monoisotopic (exact) mass is 375 g/mol. The van der Waals surface area contributed by atoms with E-state index in [4.69, 9.17) is 10.8 Å². The Morgan fingerprint density at radius 3 is 2.74 bits per heavy atom. The number of rotatable bonds is 2. The fourth-order valence-electron chi connectivity index (χ4n) is 4.14. The molecule has 0 saturated heterocycles. The molecule has 1 aromatic carbocycles. The van der Waals surface area contributed by atoms with Crippen LogP contribution in [-0.2, 0) is 31.2 Å². The first kappa shape index (κ1) is 17.8. The largest absolute Gasteiger partial charge is 0.398 e. The van der Waals surface area contributed by atoms with E-state index in [1.165, 1.54) is 6.07 Å². The van der Waals surface area contributed by atoms with E-state index in [-0.39, 0.29) is 17.2 Å². The lowest BCUT2D eigenvalue weighted by molar-refractivity contribution is -0.129. The molecule has 0 saturated carbocycles. The highest BCUT2D eigenvalue weighted by Gasteiger charge is 2.31. The first-order valence-corrected chi connectivity index (χ1v) is 9.15. The van der Waals surface area contributed by atoms with E-state index in [0.717, 1.165) is 47.6 Å². The summed E-state index contributed by atoms with van der Waals surface area (Å²) in [5.74, 6) is 0.784. The fraction of sp³-hybridized carbons (Fsp3) is 0.474. The van der Waals surface area contributed by atoms with E-state index in [2.05, 4.69) is 0 Å². The molecule has 0 aliphatic carbocycles. The van der Waals surface area contributed by atoms with Crippen LogP contribution in [0.25, 0.3) is 0 Å². The smallest absolute Gasteiger partial charge is 0.265 e. The molecule has 2 aliphatic heterocycles. The van der Waals surface area contributed by atoms with Gasteiger partial charge in [0.2, 0.25) is 5.91 Å². The van der Waals surface area contributed by atoms with E-state index >= 15 is 0 Å². The van der Waals surface area contributed by atoms with Crippen LogP contribution in [0.5, 0.6) is 0 Å². The number of anilines is 3. The summed E-state index contributed by atoms with van der Waals surface area (Å²) in [7, 11) is 1.89. The van der Waals surface area contributed by atoms with Crippen LogP contribution in [0.1, 0.15) is 42.2 Å². The molecule has 2 aliphatic rings. The van der Waals surface area contributed by atoms with Gasteiger partial charge in [0, 0.05) is 61.7 Å². The third-order valence-electron chi connectivity index (χ3n) is 5.56. The first-order valence-electron chi connectivity index (χ1n) is 9.15. The molecule has 2 N–H and O–H groups in total. The van der Waals surface area contributed by atoms with Gasteiger partial charge in [-0.15, -0.1) is 0 Å². The summed E-state index contributed by atoms with van der Waals surface area (Å²) in [6.45, 7) is 3.43. The summed E-state index contributed by atoms with van der Waals surface area (Å²) in [5.41, 5.74) is 9.63. The zero-order valence-electron chi connectivity index (χ0n) is 15.5. The summed E-state index contributed by atoms with van der Waals surface area (Å²) in [5, 5.41) is 4.69. The van der Waals surface area contributed by atoms with Crippen LogP contribution < -0.4 is 10.6 Å². The molecule has 27 heavy (non-hydrogen) atoms. The topological polar surface area (TPSA) is 67.4 Å². The Kier molecular flexibility index (Phi) is 4.28. The van der Waals surface area contributed by atoms with Crippen molar-refractivity contribution in [2.45, 2.75) is 39.2 Å². The van der Waals surface area contributed by atoms with Gasteiger partial charge in [-0.05, 0) is 30.5 Å². The third kappa shape index (κ3) is 2.93. The number of amides is 1. The van der Waals surface area contributed by atoms with Crippen LogP contribution >= 0.6 is 0 Å².